The van der Waals surface area contributed by atoms with E-state index in [0.29, 0.717) is 12.0 Å². The van der Waals surface area contributed by atoms with E-state index in [2.05, 4.69) is 40.9 Å². The van der Waals surface area contributed by atoms with E-state index in [1.165, 1.54) is 22.0 Å². The van der Waals surface area contributed by atoms with Gasteiger partial charge in [0.2, 0.25) is 0 Å². The van der Waals surface area contributed by atoms with Crippen molar-refractivity contribution < 1.29 is 4.79 Å². The van der Waals surface area contributed by atoms with Crippen molar-refractivity contribution in [3.8, 4) is 0 Å². The summed E-state index contributed by atoms with van der Waals surface area (Å²) < 4.78 is 0. The molecule has 3 nitrogen and oxygen atoms in total. The Morgan fingerprint density at radius 2 is 2.33 bits per heavy atom. The maximum Gasteiger partial charge on any atom is 0.124 e. The van der Waals surface area contributed by atoms with Crippen LogP contribution in [-0.2, 0) is 11.2 Å². The second kappa shape index (κ2) is 4.85. The Morgan fingerprint density at radius 3 is 3.14 bits per heavy atom. The number of likely N-dealkylation sites (tertiary alicyclic amines) is 1. The molecule has 3 heteroatoms. The van der Waals surface area contributed by atoms with Crippen LogP contribution in [0.1, 0.15) is 23.5 Å². The third-order valence-electron chi connectivity index (χ3n) is 5.16. The Hall–Kier alpha value is -1.87. The fourth-order valence-electron chi connectivity index (χ4n) is 4.31. The van der Waals surface area contributed by atoms with Crippen LogP contribution in [0.15, 0.2) is 37.1 Å². The number of piperidine rings is 1. The molecule has 0 amide bonds. The molecule has 1 fully saturated rings. The van der Waals surface area contributed by atoms with Crippen LogP contribution in [-0.4, -0.2) is 35.3 Å². The zero-order valence-electron chi connectivity index (χ0n) is 12.1. The molecule has 0 spiro atoms. The van der Waals surface area contributed by atoms with Gasteiger partial charge < -0.3 is 9.78 Å². The number of hydrogen-bond donors (Lipinski definition) is 1. The van der Waals surface area contributed by atoms with Crippen LogP contribution in [0.3, 0.4) is 0 Å². The highest BCUT2D eigenvalue weighted by molar-refractivity contribution is 5.88. The van der Waals surface area contributed by atoms with Gasteiger partial charge in [0.25, 0.3) is 0 Å². The molecule has 1 N–H and O–H groups in total. The lowest BCUT2D eigenvalue weighted by Gasteiger charge is -2.45. The van der Waals surface area contributed by atoms with Crippen LogP contribution in [0.25, 0.3) is 10.9 Å². The number of benzene rings is 1. The fraction of sp³-hybridized carbons (Fsp3) is 0.389. The van der Waals surface area contributed by atoms with Crippen molar-refractivity contribution in [1.29, 1.82) is 0 Å². The van der Waals surface area contributed by atoms with Gasteiger partial charge in [-0.15, -0.1) is 6.58 Å². The van der Waals surface area contributed by atoms with E-state index in [0.717, 1.165) is 32.2 Å². The largest absolute Gasteiger partial charge is 0.361 e. The molecule has 1 aromatic carbocycles. The summed E-state index contributed by atoms with van der Waals surface area (Å²) in [6.45, 7) is 5.61. The highest BCUT2D eigenvalue weighted by Crippen LogP contribution is 2.44. The first-order chi connectivity index (χ1) is 10.3. The number of nitrogens with zero attached hydrogens (tertiary/aromatic N) is 1. The molecule has 0 saturated carbocycles. The van der Waals surface area contributed by atoms with Crippen molar-refractivity contribution in [3.63, 3.8) is 0 Å². The molecule has 2 heterocycles. The van der Waals surface area contributed by atoms with Crippen molar-refractivity contribution in [2.75, 3.05) is 13.1 Å². The molecule has 21 heavy (non-hydrogen) atoms. The molecule has 1 aliphatic heterocycles. The first-order valence-corrected chi connectivity index (χ1v) is 7.71. The second-order valence-corrected chi connectivity index (χ2v) is 6.34. The van der Waals surface area contributed by atoms with Gasteiger partial charge in [0.05, 0.1) is 0 Å². The van der Waals surface area contributed by atoms with Gasteiger partial charge in [0.1, 0.15) is 6.29 Å². The standard InChI is InChI=1S/C18H20N2O/c1-2-6-20-10-12(11-21)7-15-14-4-3-5-16-18(14)13(9-19-16)8-17(15)20/h2-5,9,11-12,15,17,19H,1,6-8,10H2/t12-,15?,17-/m1/s1. The molecule has 3 atom stereocenters. The van der Waals surface area contributed by atoms with Crippen LogP contribution >= 0.6 is 0 Å². The molecule has 1 aromatic heterocycles. The van der Waals surface area contributed by atoms with E-state index in [4.69, 9.17) is 0 Å². The molecule has 2 aromatic rings. The third kappa shape index (κ3) is 1.88. The topological polar surface area (TPSA) is 36.1 Å². The molecule has 1 aliphatic carbocycles. The Balaban J connectivity index is 1.83. The number of nitrogens with one attached hydrogen (secondary N) is 1. The highest BCUT2D eigenvalue weighted by atomic mass is 16.1. The minimum Gasteiger partial charge on any atom is -0.361 e. The molecule has 1 saturated heterocycles. The maximum absolute atomic E-state index is 11.4. The first kappa shape index (κ1) is 12.8. The van der Waals surface area contributed by atoms with Crippen LogP contribution in [0.4, 0.5) is 0 Å². The van der Waals surface area contributed by atoms with Crippen LogP contribution in [0.2, 0.25) is 0 Å². The predicted octanol–water partition coefficient (Wildman–Crippen LogP) is 2.88. The summed E-state index contributed by atoms with van der Waals surface area (Å²) in [7, 11) is 0. The molecular weight excluding hydrogens is 260 g/mol. The zero-order valence-corrected chi connectivity index (χ0v) is 12.1. The number of aldehydes is 1. The smallest absolute Gasteiger partial charge is 0.124 e. The lowest BCUT2D eigenvalue weighted by molar-refractivity contribution is -0.113. The first-order valence-electron chi connectivity index (χ1n) is 7.71. The van der Waals surface area contributed by atoms with Crippen molar-refractivity contribution >= 4 is 17.2 Å². The summed E-state index contributed by atoms with van der Waals surface area (Å²) in [6, 6.07) is 7.01. The van der Waals surface area contributed by atoms with Crippen molar-refractivity contribution in [2.24, 2.45) is 5.92 Å². The Kier molecular flexibility index (Phi) is 2.96. The second-order valence-electron chi connectivity index (χ2n) is 6.34. The van der Waals surface area contributed by atoms with E-state index in [9.17, 15) is 4.79 Å². The van der Waals surface area contributed by atoms with Gasteiger partial charge in [-0.3, -0.25) is 4.90 Å². The third-order valence-corrected chi connectivity index (χ3v) is 5.16. The van der Waals surface area contributed by atoms with E-state index in [1.54, 1.807) is 0 Å². The van der Waals surface area contributed by atoms with Crippen molar-refractivity contribution in [2.45, 2.75) is 24.8 Å². The average molecular weight is 280 g/mol. The Labute approximate surface area is 124 Å². The predicted molar refractivity (Wildman–Crippen MR) is 84.5 cm³/mol. The lowest BCUT2D eigenvalue weighted by atomic mass is 9.72. The number of carbonyl (C=O) groups is 1. The lowest BCUT2D eigenvalue weighted by Crippen LogP contribution is -2.50. The van der Waals surface area contributed by atoms with E-state index in [1.807, 2.05) is 6.08 Å². The molecule has 2 aliphatic rings. The summed E-state index contributed by atoms with van der Waals surface area (Å²) in [4.78, 5) is 17.2. The summed E-state index contributed by atoms with van der Waals surface area (Å²) in [6.07, 6.45) is 7.30. The number of H-pyrrole nitrogens is 1. The zero-order chi connectivity index (χ0) is 14.4. The SMILES string of the molecule is C=CCN1C[C@H](C=O)CC2c3cccc4[nH]cc(c34)C[C@H]21. The summed E-state index contributed by atoms with van der Waals surface area (Å²) >= 11 is 0. The van der Waals surface area contributed by atoms with Crippen LogP contribution < -0.4 is 0 Å². The number of aromatic amines is 1. The normalized spacial score (nSPS) is 28.3. The fourth-order valence-corrected chi connectivity index (χ4v) is 4.31. The Morgan fingerprint density at radius 1 is 1.43 bits per heavy atom. The number of carbonyl (C=O) groups excluding carboxylic acids is 1. The van der Waals surface area contributed by atoms with Gasteiger partial charge in [-0.2, -0.15) is 0 Å². The van der Waals surface area contributed by atoms with Gasteiger partial charge in [-0.25, -0.2) is 0 Å². The highest BCUT2D eigenvalue weighted by Gasteiger charge is 2.40. The van der Waals surface area contributed by atoms with Crippen LogP contribution in [0, 0.1) is 5.92 Å². The number of rotatable bonds is 3. The van der Waals surface area contributed by atoms with Gasteiger partial charge in [-0.05, 0) is 30.0 Å². The average Bonchev–Trinajstić information content (AvgIpc) is 2.93. The minimum absolute atomic E-state index is 0.141. The van der Waals surface area contributed by atoms with Gasteiger partial charge in [0, 0.05) is 48.1 Å². The summed E-state index contributed by atoms with van der Waals surface area (Å²) in [5.74, 6) is 0.600. The molecule has 0 radical (unpaired) electrons. The van der Waals surface area contributed by atoms with Gasteiger partial charge >= 0.3 is 0 Å². The molecular formula is C18H20N2O. The number of aromatic nitrogens is 1. The Bertz CT molecular complexity index is 702. The quantitative estimate of drug-likeness (QED) is 0.693. The van der Waals surface area contributed by atoms with E-state index >= 15 is 0 Å². The number of fused-ring (bicyclic) bond motifs is 2. The maximum atomic E-state index is 11.4. The van der Waals surface area contributed by atoms with Crippen molar-refractivity contribution in [3.05, 3.63) is 48.2 Å². The minimum atomic E-state index is 0.141. The molecule has 0 bridgehead atoms. The number of hydrogen-bond acceptors (Lipinski definition) is 2. The molecule has 1 unspecified atom stereocenters. The van der Waals surface area contributed by atoms with Crippen LogP contribution in [0.5, 0.6) is 0 Å². The molecule has 4 rings (SSSR count). The van der Waals surface area contributed by atoms with Crippen molar-refractivity contribution in [1.82, 2.24) is 9.88 Å². The summed E-state index contributed by atoms with van der Waals surface area (Å²) in [5, 5.41) is 1.39. The van der Waals surface area contributed by atoms with E-state index in [-0.39, 0.29) is 5.92 Å². The monoisotopic (exact) mass is 280 g/mol. The molecule has 108 valence electrons. The van der Waals surface area contributed by atoms with Gasteiger partial charge in [0.15, 0.2) is 0 Å². The van der Waals surface area contributed by atoms with E-state index < -0.39 is 0 Å². The summed E-state index contributed by atoms with van der Waals surface area (Å²) in [5.41, 5.74) is 4.06. The van der Waals surface area contributed by atoms with Gasteiger partial charge in [-0.1, -0.05) is 18.2 Å².